The zero-order valence-electron chi connectivity index (χ0n) is 23.9. The Morgan fingerprint density at radius 3 is 2.56 bits per heavy atom. The summed E-state index contributed by atoms with van der Waals surface area (Å²) in [5, 5.41) is 18.7. The number of fused-ring (bicyclic) bond motifs is 2. The Bertz CT molecular complexity index is 1470. The van der Waals surface area contributed by atoms with Gasteiger partial charge < -0.3 is 24.4 Å². The molecule has 2 aromatic carbocycles. The average Bonchev–Trinajstić information content (AvgIpc) is 3.58. The minimum absolute atomic E-state index is 0.0691. The van der Waals surface area contributed by atoms with Gasteiger partial charge in [0.2, 0.25) is 5.91 Å². The fourth-order valence-corrected chi connectivity index (χ4v) is 9.70. The highest BCUT2D eigenvalue weighted by molar-refractivity contribution is 6.71. The van der Waals surface area contributed by atoms with Crippen molar-refractivity contribution < 1.29 is 24.2 Å². The van der Waals surface area contributed by atoms with Crippen molar-refractivity contribution in [2.45, 2.75) is 62.6 Å². The van der Waals surface area contributed by atoms with E-state index in [1.807, 2.05) is 74.7 Å². The molecule has 0 saturated carbocycles. The predicted molar refractivity (Wildman–Crippen MR) is 156 cm³/mol. The topological polar surface area (TPSA) is 121 Å². The molecular weight excluding hydrogens is 538 g/mol. The molecule has 216 valence electrons. The Morgan fingerprint density at radius 1 is 1.17 bits per heavy atom. The van der Waals surface area contributed by atoms with Crippen LogP contribution in [0.1, 0.15) is 42.5 Å². The van der Waals surface area contributed by atoms with Crippen LogP contribution in [-0.2, 0) is 26.5 Å². The average molecular weight is 576 g/mol. The Hall–Kier alpha value is -3.38. The van der Waals surface area contributed by atoms with Crippen LogP contribution in [0.4, 0.5) is 11.4 Å². The molecule has 6 rings (SSSR count). The summed E-state index contributed by atoms with van der Waals surface area (Å²) in [6, 6.07) is 15.4. The molecule has 0 aliphatic carbocycles. The minimum atomic E-state index is -2.80. The number of carbonyl (C=O) groups excluding carboxylic acids is 2. The van der Waals surface area contributed by atoms with Crippen molar-refractivity contribution in [2.24, 2.45) is 5.92 Å². The molecule has 3 aromatic rings. The number of aliphatic hydroxyl groups excluding tert-OH is 1. The first-order valence-electron chi connectivity index (χ1n) is 14.2. The van der Waals surface area contributed by atoms with Crippen LogP contribution >= 0.6 is 0 Å². The van der Waals surface area contributed by atoms with Crippen molar-refractivity contribution in [3.63, 3.8) is 0 Å². The molecule has 10 nitrogen and oxygen atoms in total. The van der Waals surface area contributed by atoms with E-state index in [-0.39, 0.29) is 41.9 Å². The van der Waals surface area contributed by atoms with Crippen LogP contribution in [-0.4, -0.2) is 71.3 Å². The first-order valence-corrected chi connectivity index (χ1v) is 17.3. The van der Waals surface area contributed by atoms with Gasteiger partial charge in [-0.05, 0) is 43.3 Å². The lowest BCUT2D eigenvalue weighted by atomic mass is 9.82. The monoisotopic (exact) mass is 575 g/mol. The maximum absolute atomic E-state index is 14.0. The zero-order chi connectivity index (χ0) is 29.1. The number of aryl methyl sites for hydroxylation is 1. The summed E-state index contributed by atoms with van der Waals surface area (Å²) in [5.74, 6) is -0.627. The van der Waals surface area contributed by atoms with Crippen molar-refractivity contribution in [2.75, 3.05) is 30.0 Å². The SMILES string of the molecule is C[C@H]1[C@H]([Si](C)(C)O)[C@@H](CCn2cc(C(CO)c3ccccc3)nn2)O[C@]12C(=O)N(C)c1ccc(N3CCC3=O)cc12. The van der Waals surface area contributed by atoms with Gasteiger partial charge in [-0.25, -0.2) is 0 Å². The summed E-state index contributed by atoms with van der Waals surface area (Å²) in [6.45, 7) is 6.88. The first kappa shape index (κ1) is 27.8. The predicted octanol–water partition coefficient (Wildman–Crippen LogP) is 3.00. The van der Waals surface area contributed by atoms with Crippen LogP contribution in [0.3, 0.4) is 0 Å². The lowest BCUT2D eigenvalue weighted by Gasteiger charge is -2.33. The third kappa shape index (κ3) is 4.42. The van der Waals surface area contributed by atoms with Crippen LogP contribution in [0.2, 0.25) is 18.6 Å². The number of hydrogen-bond acceptors (Lipinski definition) is 7. The van der Waals surface area contributed by atoms with E-state index in [0.29, 0.717) is 31.6 Å². The van der Waals surface area contributed by atoms with Crippen molar-refractivity contribution in [3.05, 3.63) is 71.5 Å². The smallest absolute Gasteiger partial charge is 0.264 e. The lowest BCUT2D eigenvalue weighted by molar-refractivity contribution is -0.145. The van der Waals surface area contributed by atoms with E-state index >= 15 is 0 Å². The molecule has 2 saturated heterocycles. The van der Waals surface area contributed by atoms with Crippen molar-refractivity contribution >= 4 is 31.5 Å². The standard InChI is InChI=1S/C30H37N5O5Si/c1-19-28(41(3,4)39)26(12-14-34-17-24(31-32-34)22(18-36)20-8-6-5-7-9-20)40-30(19)23-16-21(35-15-13-27(35)37)10-11-25(23)33(2)29(30)38/h5-11,16-17,19,22,26,28,36,39H,12-15,18H2,1-4H3/t19-,22?,26+,28-,30+/m0/s1. The van der Waals surface area contributed by atoms with Crippen LogP contribution in [0.25, 0.3) is 0 Å². The van der Waals surface area contributed by atoms with Crippen LogP contribution < -0.4 is 9.80 Å². The van der Waals surface area contributed by atoms with Gasteiger partial charge in [-0.3, -0.25) is 14.3 Å². The second-order valence-corrected chi connectivity index (χ2v) is 16.0. The van der Waals surface area contributed by atoms with Crippen molar-refractivity contribution in [1.82, 2.24) is 15.0 Å². The summed E-state index contributed by atoms with van der Waals surface area (Å²) in [7, 11) is -1.04. The Morgan fingerprint density at radius 2 is 1.93 bits per heavy atom. The number of hydrogen-bond donors (Lipinski definition) is 2. The molecule has 2 amide bonds. The van der Waals surface area contributed by atoms with Gasteiger partial charge in [-0.1, -0.05) is 42.5 Å². The number of aliphatic hydroxyl groups is 1. The third-order valence-corrected chi connectivity index (χ3v) is 11.7. The van der Waals surface area contributed by atoms with Crippen LogP contribution in [0, 0.1) is 5.92 Å². The van der Waals surface area contributed by atoms with Gasteiger partial charge in [-0.15, -0.1) is 5.10 Å². The number of amides is 2. The van der Waals surface area contributed by atoms with Gasteiger partial charge in [-0.2, -0.15) is 0 Å². The highest BCUT2D eigenvalue weighted by atomic mass is 28.4. The number of anilines is 2. The molecule has 41 heavy (non-hydrogen) atoms. The molecule has 0 radical (unpaired) electrons. The fraction of sp³-hybridized carbons (Fsp3) is 0.467. The number of rotatable bonds is 8. The second kappa shape index (κ2) is 10.2. The number of β-lactam (4-membered cyclic amide) rings is 1. The molecule has 11 heteroatoms. The van der Waals surface area contributed by atoms with E-state index in [4.69, 9.17) is 4.74 Å². The van der Waals surface area contributed by atoms with Crippen molar-refractivity contribution in [3.8, 4) is 0 Å². The number of nitrogens with zero attached hydrogens (tertiary/aromatic N) is 5. The molecule has 0 bridgehead atoms. The normalized spacial score (nSPS) is 26.5. The summed E-state index contributed by atoms with van der Waals surface area (Å²) in [4.78, 5) is 41.0. The van der Waals surface area contributed by atoms with E-state index in [0.717, 1.165) is 22.5 Å². The number of carbonyl (C=O) groups is 2. The lowest BCUT2D eigenvalue weighted by Crippen LogP contribution is -2.45. The van der Waals surface area contributed by atoms with E-state index in [9.17, 15) is 19.5 Å². The summed E-state index contributed by atoms with van der Waals surface area (Å²) < 4.78 is 8.57. The minimum Gasteiger partial charge on any atom is -0.432 e. The largest absolute Gasteiger partial charge is 0.432 e. The van der Waals surface area contributed by atoms with Crippen LogP contribution in [0.5, 0.6) is 0 Å². The molecule has 3 aliphatic heterocycles. The van der Waals surface area contributed by atoms with Gasteiger partial charge in [0, 0.05) is 55.5 Å². The Labute approximate surface area is 240 Å². The summed E-state index contributed by atoms with van der Waals surface area (Å²) in [6.07, 6.45) is 2.52. The molecular formula is C30H37N5O5Si. The van der Waals surface area contributed by atoms with E-state index in [1.54, 1.807) is 21.5 Å². The van der Waals surface area contributed by atoms with Gasteiger partial charge in [0.25, 0.3) is 5.91 Å². The maximum Gasteiger partial charge on any atom is 0.264 e. The van der Waals surface area contributed by atoms with Crippen molar-refractivity contribution in [1.29, 1.82) is 0 Å². The Kier molecular flexibility index (Phi) is 6.88. The van der Waals surface area contributed by atoms with E-state index in [2.05, 4.69) is 10.3 Å². The molecule has 2 fully saturated rings. The fourth-order valence-electron chi connectivity index (χ4n) is 7.09. The third-order valence-electron chi connectivity index (χ3n) is 9.20. The zero-order valence-corrected chi connectivity index (χ0v) is 24.9. The van der Waals surface area contributed by atoms with Crippen LogP contribution in [0.15, 0.2) is 54.7 Å². The number of aromatic nitrogens is 3. The van der Waals surface area contributed by atoms with E-state index in [1.165, 1.54) is 0 Å². The molecule has 1 unspecified atom stereocenters. The number of likely N-dealkylation sites (N-methyl/N-ethyl adjacent to an activating group) is 1. The molecule has 1 aromatic heterocycles. The molecule has 4 heterocycles. The van der Waals surface area contributed by atoms with Gasteiger partial charge in [0.15, 0.2) is 13.9 Å². The first-order chi connectivity index (χ1) is 19.6. The molecule has 5 atom stereocenters. The summed E-state index contributed by atoms with van der Waals surface area (Å²) >= 11 is 0. The highest BCUT2D eigenvalue weighted by Crippen LogP contribution is 2.59. The van der Waals surface area contributed by atoms with Gasteiger partial charge in [0.05, 0.1) is 30.0 Å². The number of ether oxygens (including phenoxy) is 1. The quantitative estimate of drug-likeness (QED) is 0.313. The molecule has 2 N–H and O–H groups in total. The van der Waals surface area contributed by atoms with Gasteiger partial charge >= 0.3 is 0 Å². The van der Waals surface area contributed by atoms with E-state index < -0.39 is 13.9 Å². The molecule has 1 spiro atoms. The maximum atomic E-state index is 14.0. The number of benzene rings is 2. The van der Waals surface area contributed by atoms with Gasteiger partial charge in [0.1, 0.15) is 0 Å². The molecule has 3 aliphatic rings. The Balaban J connectivity index is 1.29. The summed E-state index contributed by atoms with van der Waals surface area (Å²) in [5.41, 5.74) is 2.50. The highest BCUT2D eigenvalue weighted by Gasteiger charge is 2.65. The second-order valence-electron chi connectivity index (χ2n) is 12.1.